The number of ether oxygens (including phenoxy) is 1. The highest BCUT2D eigenvalue weighted by atomic mass is 16.5. The molecule has 1 aliphatic heterocycles. The van der Waals surface area contributed by atoms with Crippen LogP contribution in [0.2, 0.25) is 0 Å². The van der Waals surface area contributed by atoms with Gasteiger partial charge in [-0.15, -0.1) is 0 Å². The molecule has 24 heavy (non-hydrogen) atoms. The highest BCUT2D eigenvalue weighted by Gasteiger charge is 2.30. The number of fused-ring (bicyclic) bond motifs is 1. The molecule has 124 valence electrons. The predicted octanol–water partition coefficient (Wildman–Crippen LogP) is 2.38. The van der Waals surface area contributed by atoms with E-state index < -0.39 is 0 Å². The zero-order valence-corrected chi connectivity index (χ0v) is 14.0. The summed E-state index contributed by atoms with van der Waals surface area (Å²) in [5.41, 5.74) is 2.40. The van der Waals surface area contributed by atoms with Crippen LogP contribution >= 0.6 is 0 Å². The molecule has 0 spiro atoms. The Balaban J connectivity index is 1.72. The van der Waals surface area contributed by atoms with Crippen molar-refractivity contribution in [3.63, 3.8) is 0 Å². The molecule has 0 bridgehead atoms. The molecule has 0 saturated heterocycles. The summed E-state index contributed by atoms with van der Waals surface area (Å²) in [5, 5.41) is 4.29. The van der Waals surface area contributed by atoms with Gasteiger partial charge in [-0.2, -0.15) is 5.10 Å². The minimum absolute atomic E-state index is 0.234. The minimum Gasteiger partial charge on any atom is -0.496 e. The first-order valence-electron chi connectivity index (χ1n) is 8.10. The van der Waals surface area contributed by atoms with Gasteiger partial charge in [0.2, 0.25) is 0 Å². The largest absolute Gasteiger partial charge is 0.496 e. The molecular weight excluding hydrogens is 302 g/mol. The number of aryl methyl sites for hydroxylation is 1. The SMILES string of the molecule is COc1ccccc1[C@@H]1Cn2ccnc2CN1Cc1ccnn1C. The molecule has 1 atom stereocenters. The maximum atomic E-state index is 5.61. The lowest BCUT2D eigenvalue weighted by Crippen LogP contribution is -2.37. The van der Waals surface area contributed by atoms with Crippen molar-refractivity contribution in [2.24, 2.45) is 7.05 Å². The fraction of sp³-hybridized carbons (Fsp3) is 0.333. The van der Waals surface area contributed by atoms with Crippen molar-refractivity contribution < 1.29 is 4.74 Å². The van der Waals surface area contributed by atoms with E-state index >= 15 is 0 Å². The van der Waals surface area contributed by atoms with E-state index in [-0.39, 0.29) is 6.04 Å². The lowest BCUT2D eigenvalue weighted by molar-refractivity contribution is 0.122. The Morgan fingerprint density at radius 1 is 1.21 bits per heavy atom. The normalized spacial score (nSPS) is 17.7. The number of nitrogens with zero attached hydrogens (tertiary/aromatic N) is 5. The number of hydrogen-bond acceptors (Lipinski definition) is 4. The van der Waals surface area contributed by atoms with Gasteiger partial charge in [-0.05, 0) is 12.1 Å². The number of imidazole rings is 1. The van der Waals surface area contributed by atoms with Crippen LogP contribution in [0.25, 0.3) is 0 Å². The molecule has 0 unspecified atom stereocenters. The first kappa shape index (κ1) is 15.0. The summed E-state index contributed by atoms with van der Waals surface area (Å²) >= 11 is 0. The molecule has 0 aliphatic carbocycles. The quantitative estimate of drug-likeness (QED) is 0.740. The number of hydrogen-bond donors (Lipinski definition) is 0. The van der Waals surface area contributed by atoms with Crippen molar-refractivity contribution in [1.82, 2.24) is 24.2 Å². The molecule has 0 N–H and O–H groups in total. The predicted molar refractivity (Wildman–Crippen MR) is 90.4 cm³/mol. The van der Waals surface area contributed by atoms with Crippen LogP contribution in [0.15, 0.2) is 48.9 Å². The Bertz CT molecular complexity index is 837. The van der Waals surface area contributed by atoms with E-state index in [9.17, 15) is 0 Å². The molecule has 1 aliphatic rings. The Hall–Kier alpha value is -2.60. The summed E-state index contributed by atoms with van der Waals surface area (Å²) in [5.74, 6) is 2.03. The molecule has 1 aromatic carbocycles. The highest BCUT2D eigenvalue weighted by Crippen LogP contribution is 2.35. The second-order valence-electron chi connectivity index (χ2n) is 6.10. The first-order chi connectivity index (χ1) is 11.8. The number of aromatic nitrogens is 4. The molecule has 6 heteroatoms. The molecule has 2 aromatic heterocycles. The van der Waals surface area contributed by atoms with Crippen LogP contribution in [-0.4, -0.2) is 31.3 Å². The third-order valence-electron chi connectivity index (χ3n) is 4.74. The van der Waals surface area contributed by atoms with Crippen LogP contribution < -0.4 is 4.74 Å². The summed E-state index contributed by atoms with van der Waals surface area (Å²) < 4.78 is 9.77. The Morgan fingerprint density at radius 2 is 2.08 bits per heavy atom. The Morgan fingerprint density at radius 3 is 2.88 bits per heavy atom. The molecular formula is C18H21N5O. The van der Waals surface area contributed by atoms with E-state index in [0.717, 1.165) is 31.2 Å². The summed E-state index contributed by atoms with van der Waals surface area (Å²) in [7, 11) is 3.72. The fourth-order valence-corrected chi connectivity index (χ4v) is 3.42. The van der Waals surface area contributed by atoms with E-state index in [0.29, 0.717) is 0 Å². The molecule has 3 heterocycles. The van der Waals surface area contributed by atoms with Crippen molar-refractivity contribution in [1.29, 1.82) is 0 Å². The minimum atomic E-state index is 0.234. The van der Waals surface area contributed by atoms with Gasteiger partial charge in [0.25, 0.3) is 0 Å². The van der Waals surface area contributed by atoms with Gasteiger partial charge in [0.05, 0.1) is 25.4 Å². The lowest BCUT2D eigenvalue weighted by atomic mass is 10.0. The molecule has 3 aromatic rings. The summed E-state index contributed by atoms with van der Waals surface area (Å²) in [6.45, 7) is 2.50. The van der Waals surface area contributed by atoms with Gasteiger partial charge in [-0.3, -0.25) is 9.58 Å². The fourth-order valence-electron chi connectivity index (χ4n) is 3.42. The Labute approximate surface area is 141 Å². The number of para-hydroxylation sites is 1. The maximum Gasteiger partial charge on any atom is 0.123 e. The van der Waals surface area contributed by atoms with Crippen molar-refractivity contribution in [3.8, 4) is 5.75 Å². The van der Waals surface area contributed by atoms with Crippen LogP contribution in [0.4, 0.5) is 0 Å². The average molecular weight is 323 g/mol. The van der Waals surface area contributed by atoms with E-state index in [2.05, 4.69) is 43.9 Å². The molecule has 0 radical (unpaired) electrons. The second kappa shape index (κ2) is 6.13. The van der Waals surface area contributed by atoms with Gasteiger partial charge in [0, 0.05) is 44.3 Å². The first-order valence-corrected chi connectivity index (χ1v) is 8.10. The third kappa shape index (κ3) is 2.59. The summed E-state index contributed by atoms with van der Waals surface area (Å²) in [4.78, 5) is 6.94. The van der Waals surface area contributed by atoms with Crippen LogP contribution in [0, 0.1) is 0 Å². The van der Waals surface area contributed by atoms with Crippen molar-refractivity contribution in [2.75, 3.05) is 7.11 Å². The highest BCUT2D eigenvalue weighted by molar-refractivity contribution is 5.36. The third-order valence-corrected chi connectivity index (χ3v) is 4.74. The average Bonchev–Trinajstić information content (AvgIpc) is 3.23. The molecule has 6 nitrogen and oxygen atoms in total. The standard InChI is InChI=1S/C18H21N5O/c1-21-14(7-8-20-21)11-23-13-18-19-9-10-22(18)12-16(23)15-5-3-4-6-17(15)24-2/h3-10,16H,11-13H2,1-2H3/t16-/m0/s1. The van der Waals surface area contributed by atoms with Crippen LogP contribution in [0.1, 0.15) is 23.1 Å². The summed E-state index contributed by atoms with van der Waals surface area (Å²) in [6.07, 6.45) is 5.78. The number of benzene rings is 1. The zero-order chi connectivity index (χ0) is 16.5. The van der Waals surface area contributed by atoms with Crippen LogP contribution in [0.5, 0.6) is 5.75 Å². The lowest BCUT2D eigenvalue weighted by Gasteiger charge is -2.37. The van der Waals surface area contributed by atoms with Gasteiger partial charge in [-0.25, -0.2) is 4.98 Å². The zero-order valence-electron chi connectivity index (χ0n) is 14.0. The van der Waals surface area contributed by atoms with Gasteiger partial charge in [-0.1, -0.05) is 18.2 Å². The van der Waals surface area contributed by atoms with Crippen molar-refractivity contribution >= 4 is 0 Å². The van der Waals surface area contributed by atoms with Gasteiger partial charge >= 0.3 is 0 Å². The Kier molecular flexibility index (Phi) is 3.82. The molecule has 4 rings (SSSR count). The van der Waals surface area contributed by atoms with Crippen molar-refractivity contribution in [3.05, 3.63) is 66.0 Å². The number of methoxy groups -OCH3 is 1. The van der Waals surface area contributed by atoms with Gasteiger partial charge < -0.3 is 9.30 Å². The molecule has 0 fully saturated rings. The summed E-state index contributed by atoms with van der Waals surface area (Å²) in [6, 6.07) is 10.6. The van der Waals surface area contributed by atoms with E-state index in [4.69, 9.17) is 4.74 Å². The van der Waals surface area contributed by atoms with E-state index in [1.54, 1.807) is 7.11 Å². The topological polar surface area (TPSA) is 48.1 Å². The van der Waals surface area contributed by atoms with Gasteiger partial charge in [0.15, 0.2) is 0 Å². The van der Waals surface area contributed by atoms with Crippen LogP contribution in [0.3, 0.4) is 0 Å². The molecule has 0 saturated carbocycles. The second-order valence-corrected chi connectivity index (χ2v) is 6.10. The molecule has 0 amide bonds. The van der Waals surface area contributed by atoms with Gasteiger partial charge in [0.1, 0.15) is 11.6 Å². The van der Waals surface area contributed by atoms with Crippen LogP contribution in [-0.2, 0) is 26.7 Å². The number of rotatable bonds is 4. The van der Waals surface area contributed by atoms with E-state index in [1.165, 1.54) is 11.3 Å². The monoisotopic (exact) mass is 323 g/mol. The van der Waals surface area contributed by atoms with E-state index in [1.807, 2.05) is 36.3 Å². The van der Waals surface area contributed by atoms with Crippen molar-refractivity contribution in [2.45, 2.75) is 25.7 Å². The maximum absolute atomic E-state index is 5.61. The smallest absolute Gasteiger partial charge is 0.123 e.